The predicted molar refractivity (Wildman–Crippen MR) is 99.7 cm³/mol. The Morgan fingerprint density at radius 1 is 1.29 bits per heavy atom. The fourth-order valence-electron chi connectivity index (χ4n) is 3.01. The average Bonchev–Trinajstić information content (AvgIpc) is 3.16. The normalized spacial score (nSPS) is 15.0. The van der Waals surface area contributed by atoms with E-state index in [0.29, 0.717) is 17.2 Å². The number of fused-ring (bicyclic) bond motifs is 1. The highest BCUT2D eigenvalue weighted by Crippen LogP contribution is 2.33. The fraction of sp³-hybridized carbons (Fsp3) is 0.529. The molecule has 132 valence electrons. The molecule has 0 atom stereocenters. The number of carbonyl (C=O) groups excluding carboxylic acids is 1. The van der Waals surface area contributed by atoms with Crippen molar-refractivity contribution in [3.63, 3.8) is 0 Å². The van der Waals surface area contributed by atoms with E-state index < -0.39 is 0 Å². The first kappa shape index (κ1) is 19.1. The van der Waals surface area contributed by atoms with Crippen LogP contribution in [0.1, 0.15) is 25.7 Å². The van der Waals surface area contributed by atoms with Crippen LogP contribution in [0.3, 0.4) is 0 Å². The third kappa shape index (κ3) is 4.05. The second-order valence-electron chi connectivity index (χ2n) is 6.36. The Hall–Kier alpha value is -1.24. The molecule has 0 aliphatic heterocycles. The fourth-order valence-corrected chi connectivity index (χ4v) is 4.02. The Bertz CT molecular complexity index is 700. The van der Waals surface area contributed by atoms with Crippen molar-refractivity contribution in [2.45, 2.75) is 25.7 Å². The van der Waals surface area contributed by atoms with Gasteiger partial charge in [-0.3, -0.25) is 9.69 Å². The zero-order valence-corrected chi connectivity index (χ0v) is 15.6. The zero-order valence-electron chi connectivity index (χ0n) is 14.0. The molecule has 1 amide bonds. The second-order valence-corrected chi connectivity index (χ2v) is 7.37. The quantitative estimate of drug-likeness (QED) is 0.798. The number of halogens is 2. The smallest absolute Gasteiger partial charge is 0.231 e. The van der Waals surface area contributed by atoms with Gasteiger partial charge in [-0.05, 0) is 39.1 Å². The summed E-state index contributed by atoms with van der Waals surface area (Å²) in [6.45, 7) is 1.35. The van der Waals surface area contributed by atoms with Gasteiger partial charge in [-0.15, -0.1) is 12.4 Å². The van der Waals surface area contributed by atoms with Crippen LogP contribution in [0.25, 0.3) is 10.2 Å². The molecule has 1 saturated carbocycles. The van der Waals surface area contributed by atoms with Crippen LogP contribution in [-0.4, -0.2) is 43.0 Å². The number of para-hydroxylation sites is 1. The third-order valence-electron chi connectivity index (χ3n) is 4.33. The molecule has 1 aliphatic carbocycles. The summed E-state index contributed by atoms with van der Waals surface area (Å²) in [5.41, 5.74) is 0.363. The highest BCUT2D eigenvalue weighted by atomic mass is 35.5. The maximum absolute atomic E-state index is 13.9. The van der Waals surface area contributed by atoms with Gasteiger partial charge in [0.2, 0.25) is 5.91 Å². The van der Waals surface area contributed by atoms with Gasteiger partial charge in [0.25, 0.3) is 0 Å². The molecule has 0 spiro atoms. The number of benzene rings is 1. The minimum atomic E-state index is -0.328. The van der Waals surface area contributed by atoms with Crippen LogP contribution >= 0.6 is 23.7 Å². The van der Waals surface area contributed by atoms with Crippen LogP contribution in [0.2, 0.25) is 0 Å². The Balaban J connectivity index is 0.00000208. The van der Waals surface area contributed by atoms with E-state index in [0.717, 1.165) is 36.9 Å². The monoisotopic (exact) mass is 371 g/mol. The van der Waals surface area contributed by atoms with Crippen LogP contribution in [0.15, 0.2) is 18.2 Å². The van der Waals surface area contributed by atoms with Crippen LogP contribution < -0.4 is 4.90 Å². The highest BCUT2D eigenvalue weighted by molar-refractivity contribution is 7.22. The van der Waals surface area contributed by atoms with Crippen LogP contribution in [0.4, 0.5) is 9.52 Å². The highest BCUT2D eigenvalue weighted by Gasteiger charge is 2.29. The van der Waals surface area contributed by atoms with Gasteiger partial charge >= 0.3 is 0 Å². The third-order valence-corrected chi connectivity index (χ3v) is 5.37. The second kappa shape index (κ2) is 8.23. The zero-order chi connectivity index (χ0) is 16.4. The summed E-state index contributed by atoms with van der Waals surface area (Å²) < 4.78 is 14.7. The number of nitrogens with zero attached hydrogens (tertiary/aromatic N) is 3. The predicted octanol–water partition coefficient (Wildman–Crippen LogP) is 3.94. The number of aromatic nitrogens is 1. The van der Waals surface area contributed by atoms with Crippen LogP contribution in [0, 0.1) is 11.7 Å². The van der Waals surface area contributed by atoms with Crippen LogP contribution in [0.5, 0.6) is 0 Å². The topological polar surface area (TPSA) is 36.4 Å². The maximum atomic E-state index is 13.9. The van der Waals surface area contributed by atoms with E-state index in [1.54, 1.807) is 11.0 Å². The van der Waals surface area contributed by atoms with Gasteiger partial charge in [-0.2, -0.15) is 0 Å². The van der Waals surface area contributed by atoms with Crippen molar-refractivity contribution < 1.29 is 9.18 Å². The van der Waals surface area contributed by atoms with Crippen molar-refractivity contribution in [3.8, 4) is 0 Å². The van der Waals surface area contributed by atoms with Crippen molar-refractivity contribution in [2.75, 3.05) is 32.1 Å². The summed E-state index contributed by atoms with van der Waals surface area (Å²) in [5.74, 6) is -0.0938. The molecular formula is C17H23ClFN3OS. The first-order valence-electron chi connectivity index (χ1n) is 8.07. The summed E-state index contributed by atoms with van der Waals surface area (Å²) in [5, 5.41) is 0.615. The van der Waals surface area contributed by atoms with E-state index in [1.807, 2.05) is 25.1 Å². The lowest BCUT2D eigenvalue weighted by Gasteiger charge is -2.24. The lowest BCUT2D eigenvalue weighted by molar-refractivity contribution is -0.122. The molecule has 0 N–H and O–H groups in total. The lowest BCUT2D eigenvalue weighted by atomic mass is 10.1. The van der Waals surface area contributed by atoms with Gasteiger partial charge in [0.05, 0.1) is 4.70 Å². The number of likely N-dealkylation sites (N-methyl/N-ethyl adjacent to an activating group) is 1. The summed E-state index contributed by atoms with van der Waals surface area (Å²) in [4.78, 5) is 21.1. The number of hydrogen-bond acceptors (Lipinski definition) is 4. The van der Waals surface area contributed by atoms with Gasteiger partial charge in [0, 0.05) is 19.0 Å². The molecule has 2 aromatic rings. The molecule has 0 bridgehead atoms. The number of thiazole rings is 1. The summed E-state index contributed by atoms with van der Waals surface area (Å²) in [6.07, 6.45) is 4.14. The molecule has 3 rings (SSSR count). The Kier molecular flexibility index (Phi) is 6.54. The maximum Gasteiger partial charge on any atom is 0.231 e. The van der Waals surface area contributed by atoms with E-state index >= 15 is 0 Å². The molecule has 0 radical (unpaired) electrons. The first-order valence-corrected chi connectivity index (χ1v) is 8.89. The molecule has 0 saturated heterocycles. The summed E-state index contributed by atoms with van der Waals surface area (Å²) in [7, 11) is 3.96. The van der Waals surface area contributed by atoms with E-state index in [-0.39, 0.29) is 30.0 Å². The summed E-state index contributed by atoms with van der Waals surface area (Å²) >= 11 is 1.39. The van der Waals surface area contributed by atoms with Crippen molar-refractivity contribution in [1.29, 1.82) is 0 Å². The molecule has 1 aromatic carbocycles. The molecule has 7 heteroatoms. The number of rotatable bonds is 5. The lowest BCUT2D eigenvalue weighted by Crippen LogP contribution is -2.39. The number of amides is 1. The minimum Gasteiger partial charge on any atom is -0.308 e. The molecule has 1 aliphatic rings. The molecule has 4 nitrogen and oxygen atoms in total. The molecule has 24 heavy (non-hydrogen) atoms. The largest absolute Gasteiger partial charge is 0.308 e. The van der Waals surface area contributed by atoms with Gasteiger partial charge in [-0.25, -0.2) is 9.37 Å². The van der Waals surface area contributed by atoms with Crippen molar-refractivity contribution in [1.82, 2.24) is 9.88 Å². The Labute approximate surface area is 152 Å². The van der Waals surface area contributed by atoms with Crippen LogP contribution in [-0.2, 0) is 4.79 Å². The van der Waals surface area contributed by atoms with E-state index in [1.165, 1.54) is 17.4 Å². The Morgan fingerprint density at radius 3 is 2.62 bits per heavy atom. The number of hydrogen-bond donors (Lipinski definition) is 0. The SMILES string of the molecule is CN(C)CCN(C(=O)C1CCCC1)c1nc2c(F)cccc2s1.Cl. The van der Waals surface area contributed by atoms with Gasteiger partial charge in [0.15, 0.2) is 5.13 Å². The van der Waals surface area contributed by atoms with Crippen molar-refractivity contribution in [3.05, 3.63) is 24.0 Å². The number of carbonyl (C=O) groups is 1. The molecular weight excluding hydrogens is 349 g/mol. The number of anilines is 1. The van der Waals surface area contributed by atoms with Crippen molar-refractivity contribution >= 4 is 45.0 Å². The minimum absolute atomic E-state index is 0. The van der Waals surface area contributed by atoms with E-state index in [4.69, 9.17) is 0 Å². The summed E-state index contributed by atoms with van der Waals surface area (Å²) in [6, 6.07) is 4.95. The van der Waals surface area contributed by atoms with Gasteiger partial charge in [-0.1, -0.05) is 30.2 Å². The van der Waals surface area contributed by atoms with Gasteiger partial charge < -0.3 is 4.90 Å². The average molecular weight is 372 g/mol. The molecule has 1 aromatic heterocycles. The van der Waals surface area contributed by atoms with E-state index in [9.17, 15) is 9.18 Å². The molecule has 1 fully saturated rings. The molecule has 0 unspecified atom stereocenters. The molecule has 1 heterocycles. The van der Waals surface area contributed by atoms with Gasteiger partial charge in [0.1, 0.15) is 11.3 Å². The van der Waals surface area contributed by atoms with E-state index in [2.05, 4.69) is 4.98 Å². The Morgan fingerprint density at radius 2 is 2.00 bits per heavy atom. The van der Waals surface area contributed by atoms with Crippen molar-refractivity contribution in [2.24, 2.45) is 5.92 Å². The first-order chi connectivity index (χ1) is 11.1. The standard InChI is InChI=1S/C17H22FN3OS.ClH/c1-20(2)10-11-21(16(22)12-6-3-4-7-12)17-19-15-13(18)8-5-9-14(15)23-17;/h5,8-9,12H,3-4,6-7,10-11H2,1-2H3;1H.